The third-order valence-corrected chi connectivity index (χ3v) is 11.3. The summed E-state index contributed by atoms with van der Waals surface area (Å²) in [4.78, 5) is 9.11. The Morgan fingerprint density at radius 2 is 1.38 bits per heavy atom. The Kier molecular flexibility index (Phi) is 8.96. The predicted octanol–water partition coefficient (Wildman–Crippen LogP) is 12.2. The molecule has 3 aromatic heterocycles. The number of pyridine rings is 2. The average Bonchev–Trinajstić information content (AvgIpc) is 3.66. The number of benzene rings is 6. The van der Waals surface area contributed by atoms with Crippen LogP contribution in [0.1, 0.15) is 37.4 Å². The summed E-state index contributed by atoms with van der Waals surface area (Å²) in [7, 11) is -1.87. The second kappa shape index (κ2) is 16.5. The third-order valence-electron chi connectivity index (χ3n) is 9.26. The van der Waals surface area contributed by atoms with E-state index in [0.29, 0.717) is 44.8 Å². The van der Waals surface area contributed by atoms with Gasteiger partial charge in [0.1, 0.15) is 5.58 Å². The Labute approximate surface area is 348 Å². The minimum absolute atomic E-state index is 0. The van der Waals surface area contributed by atoms with Crippen molar-refractivity contribution in [1.82, 2.24) is 9.97 Å². The Morgan fingerprint density at radius 1 is 0.655 bits per heavy atom. The topological polar surface area (TPSA) is 38.9 Å². The molecular weight excluding hydrogens is 865 g/mol. The molecule has 6 aromatic carbocycles. The van der Waals surface area contributed by atoms with Crippen LogP contribution in [0.4, 0.5) is 0 Å². The van der Waals surface area contributed by atoms with E-state index in [1.165, 1.54) is 6.07 Å². The quantitative estimate of drug-likeness (QED) is 0.118. The van der Waals surface area contributed by atoms with Gasteiger partial charge in [-0.15, -0.1) is 53.6 Å². The minimum atomic E-state index is -2.18. The summed E-state index contributed by atoms with van der Waals surface area (Å²) < 4.78 is 64.1. The van der Waals surface area contributed by atoms with E-state index in [0.717, 1.165) is 37.9 Å². The van der Waals surface area contributed by atoms with E-state index in [2.05, 4.69) is 66.0 Å². The van der Waals surface area contributed by atoms with Crippen molar-refractivity contribution in [2.45, 2.75) is 39.2 Å². The number of fused-ring (bicyclic) bond motifs is 5. The SMILES string of the molecule is [2H]C([2H])([2H])c1c[c-]c(-c2cc(C([2H])([2H])c3ccccc3)c([Si](C)(C)C)cn2)cc1.[2H]C([2H])(c1ccccc1)c1ccnc(-c2[c-]ccc3c2oc2c4ccccc4ccc32)c1.[Ir]. The maximum atomic E-state index is 8.88. The van der Waals surface area contributed by atoms with Gasteiger partial charge in [-0.05, 0) is 57.5 Å². The van der Waals surface area contributed by atoms with Crippen molar-refractivity contribution in [2.24, 2.45) is 0 Å². The molecule has 9 aromatic rings. The predicted molar refractivity (Wildman–Crippen MR) is 228 cm³/mol. The van der Waals surface area contributed by atoms with Crippen molar-refractivity contribution >= 4 is 46.0 Å². The Morgan fingerprint density at radius 3 is 2.11 bits per heavy atom. The van der Waals surface area contributed by atoms with Gasteiger partial charge in [-0.25, -0.2) is 0 Å². The smallest absolute Gasteiger partial charge is 0.128 e. The first-order chi connectivity index (χ1) is 29.0. The molecule has 9 rings (SSSR count). The van der Waals surface area contributed by atoms with Crippen molar-refractivity contribution < 1.29 is 34.1 Å². The number of nitrogens with zero attached hydrogens (tertiary/aromatic N) is 2. The third kappa shape index (κ3) is 8.45. The fraction of sp³-hybridized carbons (Fsp3) is 0.120. The molecule has 0 aliphatic rings. The first kappa shape index (κ1) is 29.8. The van der Waals surface area contributed by atoms with Crippen LogP contribution in [0.25, 0.3) is 55.2 Å². The van der Waals surface area contributed by atoms with E-state index in [1.807, 2.05) is 60.7 Å². The van der Waals surface area contributed by atoms with Crippen LogP contribution in [0.3, 0.4) is 0 Å². The molecule has 0 saturated heterocycles. The van der Waals surface area contributed by atoms with Crippen LogP contribution in [0.15, 0.2) is 162 Å². The second-order valence-corrected chi connectivity index (χ2v) is 19.2. The van der Waals surface area contributed by atoms with E-state index in [9.17, 15) is 0 Å². The molecule has 0 aliphatic carbocycles. The van der Waals surface area contributed by atoms with Crippen molar-refractivity contribution in [1.29, 1.82) is 0 Å². The zero-order valence-corrected chi connectivity index (χ0v) is 34.0. The first-order valence-corrected chi connectivity index (χ1v) is 21.4. The van der Waals surface area contributed by atoms with E-state index in [4.69, 9.17) is 14.0 Å². The van der Waals surface area contributed by atoms with Gasteiger partial charge in [0.15, 0.2) is 0 Å². The summed E-state index contributed by atoms with van der Waals surface area (Å²) in [6.45, 7) is 4.34. The molecule has 0 spiro atoms. The zero-order valence-electron chi connectivity index (χ0n) is 37.6. The number of hydrogen-bond donors (Lipinski definition) is 0. The average molecular weight is 914 g/mol. The first-order valence-electron chi connectivity index (χ1n) is 21.4. The normalized spacial score (nSPS) is 13.9. The molecule has 0 bridgehead atoms. The minimum Gasteiger partial charge on any atom is -0.500 e. The number of furan rings is 1. The van der Waals surface area contributed by atoms with E-state index in [-0.39, 0.29) is 25.7 Å². The molecule has 0 fully saturated rings. The summed E-state index contributed by atoms with van der Waals surface area (Å²) in [5.41, 5.74) is 6.72. The fourth-order valence-corrected chi connectivity index (χ4v) is 7.95. The Balaban J connectivity index is 0.000000185. The monoisotopic (exact) mass is 914 g/mol. The Hall–Kier alpha value is -5.45. The summed E-state index contributed by atoms with van der Waals surface area (Å²) in [6, 6.07) is 50.9. The molecule has 0 saturated carbocycles. The van der Waals surface area contributed by atoms with E-state index >= 15 is 0 Å². The summed E-state index contributed by atoms with van der Waals surface area (Å²) in [6.07, 6.45) is 0.115. The van der Waals surface area contributed by atoms with Gasteiger partial charge in [-0.1, -0.05) is 152 Å². The van der Waals surface area contributed by atoms with Crippen LogP contribution in [-0.2, 0) is 32.9 Å². The molecule has 273 valence electrons. The summed E-state index contributed by atoms with van der Waals surface area (Å²) in [5, 5.41) is 5.20. The van der Waals surface area contributed by atoms with Gasteiger partial charge in [0.25, 0.3) is 0 Å². The maximum absolute atomic E-state index is 8.88. The molecule has 0 unspecified atom stereocenters. The molecule has 55 heavy (non-hydrogen) atoms. The van der Waals surface area contributed by atoms with Gasteiger partial charge in [0.05, 0.1) is 13.7 Å². The molecule has 5 heteroatoms. The zero-order chi connectivity index (χ0) is 43.2. The largest absolute Gasteiger partial charge is 0.500 e. The Bertz CT molecular complexity index is 3000. The van der Waals surface area contributed by atoms with E-state index < -0.39 is 27.7 Å². The second-order valence-electron chi connectivity index (χ2n) is 14.1. The molecule has 3 heterocycles. The molecular formula is C50H42IrN2OSi-2. The molecule has 0 N–H and O–H groups in total. The van der Waals surface area contributed by atoms with Gasteiger partial charge in [-0.2, -0.15) is 0 Å². The fourth-order valence-electron chi connectivity index (χ4n) is 6.56. The molecule has 0 aliphatic heterocycles. The van der Waals surface area contributed by atoms with Gasteiger partial charge < -0.3 is 14.4 Å². The van der Waals surface area contributed by atoms with Crippen molar-refractivity contribution in [3.8, 4) is 22.5 Å². The standard InChI is InChI=1S/C28H18NO.C22H24NSi.Ir/c1-2-7-19(8-3-1)17-20-15-16-29-26(18-20)25-12-6-11-23-24-14-13-21-9-4-5-10-22(21)27(24)30-28(23)25;1-17-10-12-19(13-11-17)21-15-20(14-18-8-6-5-7-9-18)22(16-23-21)24(2,3)4;/h1-11,13-16,18H,17H2;5-12,15-16H,14H2,1-4H3;/q2*-1;/i17D2;1D3,14D2;. The van der Waals surface area contributed by atoms with Gasteiger partial charge in [0.2, 0.25) is 0 Å². The van der Waals surface area contributed by atoms with Crippen LogP contribution in [0.5, 0.6) is 0 Å². The summed E-state index contributed by atoms with van der Waals surface area (Å²) in [5.74, 6) is 0. The van der Waals surface area contributed by atoms with Gasteiger partial charge >= 0.3 is 0 Å². The van der Waals surface area contributed by atoms with Crippen LogP contribution in [0, 0.1) is 19.0 Å². The van der Waals surface area contributed by atoms with Crippen molar-refractivity contribution in [3.05, 3.63) is 198 Å². The maximum Gasteiger partial charge on any atom is 0.128 e. The van der Waals surface area contributed by atoms with E-state index in [1.54, 1.807) is 67.0 Å². The molecule has 1 radical (unpaired) electrons. The van der Waals surface area contributed by atoms with Crippen molar-refractivity contribution in [2.75, 3.05) is 0 Å². The molecule has 0 amide bonds. The van der Waals surface area contributed by atoms with Gasteiger partial charge in [0, 0.05) is 52.9 Å². The number of aryl methyl sites for hydroxylation is 1. The van der Waals surface area contributed by atoms with Gasteiger partial charge in [-0.3, -0.25) is 0 Å². The summed E-state index contributed by atoms with van der Waals surface area (Å²) >= 11 is 0. The molecule has 3 nitrogen and oxygen atoms in total. The number of aromatic nitrogens is 2. The number of hydrogen-bond acceptors (Lipinski definition) is 3. The molecule has 0 atom stereocenters. The van der Waals surface area contributed by atoms with Crippen LogP contribution in [0.2, 0.25) is 19.6 Å². The van der Waals surface area contributed by atoms with Crippen LogP contribution < -0.4 is 5.19 Å². The van der Waals surface area contributed by atoms with Crippen molar-refractivity contribution in [3.63, 3.8) is 0 Å². The van der Waals surface area contributed by atoms with Crippen LogP contribution >= 0.6 is 0 Å². The van der Waals surface area contributed by atoms with Crippen LogP contribution in [-0.4, -0.2) is 18.0 Å². The number of rotatable bonds is 7.